The molecule has 7 nitrogen and oxygen atoms in total. The van der Waals surface area contributed by atoms with E-state index in [2.05, 4.69) is 30.5 Å². The zero-order chi connectivity index (χ0) is 17.7. The number of sulfonamides is 1. The van der Waals surface area contributed by atoms with Crippen molar-refractivity contribution in [2.24, 2.45) is 4.40 Å². The lowest BCUT2D eigenvalue weighted by atomic mass is 10.1. The zero-order valence-corrected chi connectivity index (χ0v) is 15.1. The van der Waals surface area contributed by atoms with Crippen LogP contribution < -0.4 is 4.90 Å². The Balaban J connectivity index is 1.35. The van der Waals surface area contributed by atoms with Crippen LogP contribution in [0.3, 0.4) is 0 Å². The van der Waals surface area contributed by atoms with Crippen molar-refractivity contribution in [2.75, 3.05) is 31.1 Å². The van der Waals surface area contributed by atoms with Crippen LogP contribution in [0.15, 0.2) is 39.6 Å². The van der Waals surface area contributed by atoms with Gasteiger partial charge in [0.2, 0.25) is 0 Å². The summed E-state index contributed by atoms with van der Waals surface area (Å²) in [5, 5.41) is 8.76. The number of hydrogen-bond donors (Lipinski definition) is 0. The van der Waals surface area contributed by atoms with E-state index in [1.54, 1.807) is 12.1 Å². The summed E-state index contributed by atoms with van der Waals surface area (Å²) in [5.74, 6) is 1.49. The predicted molar refractivity (Wildman–Crippen MR) is 98.0 cm³/mol. The molecule has 0 N–H and O–H groups in total. The molecule has 0 atom stereocenters. The van der Waals surface area contributed by atoms with Gasteiger partial charge in [0.1, 0.15) is 4.90 Å². The minimum Gasteiger partial charge on any atom is -0.352 e. The summed E-state index contributed by atoms with van der Waals surface area (Å²) in [6.45, 7) is 2.96. The van der Waals surface area contributed by atoms with Crippen LogP contribution in [-0.2, 0) is 22.9 Å². The summed E-state index contributed by atoms with van der Waals surface area (Å²) in [7, 11) is -3.57. The minimum absolute atomic E-state index is 0.307. The predicted octanol–water partition coefficient (Wildman–Crippen LogP) is 1.24. The summed E-state index contributed by atoms with van der Waals surface area (Å²) in [4.78, 5) is 4.58. The van der Waals surface area contributed by atoms with Crippen LogP contribution in [0.25, 0.3) is 0 Å². The fourth-order valence-electron chi connectivity index (χ4n) is 3.94. The van der Waals surface area contributed by atoms with Gasteiger partial charge in [-0.15, -0.1) is 9.50 Å². The summed E-state index contributed by atoms with van der Waals surface area (Å²) < 4.78 is 28.5. The molecule has 1 aromatic carbocycles. The van der Waals surface area contributed by atoms with Crippen LogP contribution in [0, 0.1) is 0 Å². The third kappa shape index (κ3) is 2.47. The van der Waals surface area contributed by atoms with Gasteiger partial charge in [-0.2, -0.15) is 13.5 Å². The maximum Gasteiger partial charge on any atom is 0.285 e. The van der Waals surface area contributed by atoms with Gasteiger partial charge in [0, 0.05) is 31.7 Å². The van der Waals surface area contributed by atoms with Crippen molar-refractivity contribution >= 4 is 21.7 Å². The maximum absolute atomic E-state index is 12.3. The van der Waals surface area contributed by atoms with Gasteiger partial charge in [0.25, 0.3) is 10.0 Å². The van der Waals surface area contributed by atoms with E-state index in [9.17, 15) is 8.42 Å². The van der Waals surface area contributed by atoms with E-state index >= 15 is 0 Å². The van der Waals surface area contributed by atoms with Gasteiger partial charge in [0.05, 0.1) is 5.69 Å². The molecule has 3 heterocycles. The molecule has 0 radical (unpaired) electrons. The lowest BCUT2D eigenvalue weighted by molar-refractivity contribution is 0.385. The number of nitrogens with zero attached hydrogens (tertiary/aromatic N) is 5. The number of aromatic nitrogens is 2. The third-order valence-corrected chi connectivity index (χ3v) is 6.65. The standard InChI is InChI=1S/C18H19N5O2S/c24-26(25)16-7-2-1-5-14(16)18(21-26)23-10-8-22(9-11-23)17-12-13-4-3-6-15(13)19-20-17/h1-2,5,7,12H,3-4,6,8-11H2. The molecule has 2 aliphatic heterocycles. The van der Waals surface area contributed by atoms with Crippen molar-refractivity contribution in [3.63, 3.8) is 0 Å². The van der Waals surface area contributed by atoms with Gasteiger partial charge in [-0.05, 0) is 43.0 Å². The molecule has 1 aliphatic carbocycles. The second-order valence-electron chi connectivity index (χ2n) is 6.89. The van der Waals surface area contributed by atoms with E-state index in [0.29, 0.717) is 29.4 Å². The van der Waals surface area contributed by atoms with Gasteiger partial charge in [-0.25, -0.2) is 0 Å². The van der Waals surface area contributed by atoms with Crippen LogP contribution in [0.4, 0.5) is 5.82 Å². The number of benzene rings is 1. The van der Waals surface area contributed by atoms with Crippen molar-refractivity contribution in [1.29, 1.82) is 0 Å². The molecule has 3 aliphatic rings. The molecule has 0 unspecified atom stereocenters. The average Bonchev–Trinajstić information content (AvgIpc) is 3.24. The first-order valence-corrected chi connectivity index (χ1v) is 10.4. The Morgan fingerprint density at radius 2 is 1.69 bits per heavy atom. The molecule has 1 fully saturated rings. The van der Waals surface area contributed by atoms with Crippen LogP contribution in [-0.4, -0.2) is 55.5 Å². The van der Waals surface area contributed by atoms with Crippen molar-refractivity contribution in [2.45, 2.75) is 24.2 Å². The monoisotopic (exact) mass is 369 g/mol. The van der Waals surface area contributed by atoms with E-state index in [4.69, 9.17) is 0 Å². The Bertz CT molecular complexity index is 1010. The Morgan fingerprint density at radius 1 is 0.923 bits per heavy atom. The van der Waals surface area contributed by atoms with Gasteiger partial charge in [-0.3, -0.25) is 0 Å². The van der Waals surface area contributed by atoms with Gasteiger partial charge < -0.3 is 9.80 Å². The summed E-state index contributed by atoms with van der Waals surface area (Å²) in [5.41, 5.74) is 3.16. The van der Waals surface area contributed by atoms with E-state index < -0.39 is 10.0 Å². The Morgan fingerprint density at radius 3 is 2.54 bits per heavy atom. The molecule has 8 heteroatoms. The number of fused-ring (bicyclic) bond motifs is 2. The zero-order valence-electron chi connectivity index (χ0n) is 14.3. The number of anilines is 1. The number of amidine groups is 1. The lowest BCUT2D eigenvalue weighted by Gasteiger charge is -2.36. The van der Waals surface area contributed by atoms with Crippen LogP contribution >= 0.6 is 0 Å². The molecule has 0 spiro atoms. The molecular formula is C18H19N5O2S. The van der Waals surface area contributed by atoms with Gasteiger partial charge in [0.15, 0.2) is 11.7 Å². The van der Waals surface area contributed by atoms with E-state index in [1.165, 1.54) is 5.56 Å². The first kappa shape index (κ1) is 15.7. The first-order valence-electron chi connectivity index (χ1n) is 8.91. The molecule has 134 valence electrons. The molecule has 5 rings (SSSR count). The van der Waals surface area contributed by atoms with Crippen molar-refractivity contribution in [3.05, 3.63) is 47.2 Å². The maximum atomic E-state index is 12.3. The molecule has 1 saturated heterocycles. The number of aryl methyl sites for hydroxylation is 2. The molecule has 0 saturated carbocycles. The third-order valence-electron chi connectivity index (χ3n) is 5.32. The SMILES string of the molecule is O=S1(=O)N=C(N2CCN(c3cc4c(nn3)CCC4)CC2)c2ccccc21. The van der Waals surface area contributed by atoms with Gasteiger partial charge in [-0.1, -0.05) is 12.1 Å². The molecule has 0 amide bonds. The van der Waals surface area contributed by atoms with Crippen LogP contribution in [0.1, 0.15) is 23.2 Å². The Labute approximate surface area is 152 Å². The van der Waals surface area contributed by atoms with E-state index in [1.807, 2.05) is 12.1 Å². The van der Waals surface area contributed by atoms with Crippen molar-refractivity contribution < 1.29 is 8.42 Å². The summed E-state index contributed by atoms with van der Waals surface area (Å²) in [6, 6.07) is 9.21. The second kappa shape index (κ2) is 5.77. The highest BCUT2D eigenvalue weighted by Crippen LogP contribution is 2.28. The largest absolute Gasteiger partial charge is 0.352 e. The molecular weight excluding hydrogens is 350 g/mol. The topological polar surface area (TPSA) is 78.8 Å². The molecule has 0 bridgehead atoms. The molecule has 26 heavy (non-hydrogen) atoms. The van der Waals surface area contributed by atoms with Crippen LogP contribution in [0.5, 0.6) is 0 Å². The quantitative estimate of drug-likeness (QED) is 0.752. The average molecular weight is 369 g/mol. The van der Waals surface area contributed by atoms with Crippen LogP contribution in [0.2, 0.25) is 0 Å². The number of rotatable bonds is 1. The highest BCUT2D eigenvalue weighted by molar-refractivity contribution is 7.90. The van der Waals surface area contributed by atoms with E-state index in [-0.39, 0.29) is 0 Å². The molecule has 1 aromatic heterocycles. The Kier molecular flexibility index (Phi) is 3.49. The normalized spacial score (nSPS) is 20.7. The lowest BCUT2D eigenvalue weighted by Crippen LogP contribution is -2.49. The number of piperazine rings is 1. The highest BCUT2D eigenvalue weighted by Gasteiger charge is 2.33. The highest BCUT2D eigenvalue weighted by atomic mass is 32.2. The second-order valence-corrected chi connectivity index (χ2v) is 8.46. The smallest absolute Gasteiger partial charge is 0.285 e. The number of hydrogen-bond acceptors (Lipinski definition) is 6. The fourth-order valence-corrected chi connectivity index (χ4v) is 5.16. The van der Waals surface area contributed by atoms with Gasteiger partial charge >= 0.3 is 0 Å². The van der Waals surface area contributed by atoms with E-state index in [0.717, 1.165) is 43.9 Å². The first-order chi connectivity index (χ1) is 12.6. The van der Waals surface area contributed by atoms with Crippen molar-refractivity contribution in [3.8, 4) is 0 Å². The summed E-state index contributed by atoms with van der Waals surface area (Å²) >= 11 is 0. The fraction of sp³-hybridized carbons (Fsp3) is 0.389. The summed E-state index contributed by atoms with van der Waals surface area (Å²) in [6.07, 6.45) is 3.28. The van der Waals surface area contributed by atoms with Crippen molar-refractivity contribution in [1.82, 2.24) is 15.1 Å². The Hall–Kier alpha value is -2.48. The molecule has 2 aromatic rings. The minimum atomic E-state index is -3.57.